The molecule has 82 valence electrons. The van der Waals surface area contributed by atoms with E-state index in [9.17, 15) is 4.79 Å². The van der Waals surface area contributed by atoms with E-state index in [0.29, 0.717) is 17.9 Å². The summed E-state index contributed by atoms with van der Waals surface area (Å²) >= 11 is 0. The van der Waals surface area contributed by atoms with Crippen LogP contribution in [0.4, 0.5) is 0 Å². The van der Waals surface area contributed by atoms with Crippen molar-refractivity contribution in [2.24, 2.45) is 0 Å². The van der Waals surface area contributed by atoms with Crippen molar-refractivity contribution in [2.45, 2.75) is 6.92 Å². The van der Waals surface area contributed by atoms with Gasteiger partial charge in [0.15, 0.2) is 5.69 Å². The van der Waals surface area contributed by atoms with Crippen LogP contribution in [0.3, 0.4) is 0 Å². The summed E-state index contributed by atoms with van der Waals surface area (Å²) in [5, 5.41) is 0. The molecule has 2 aromatic rings. The van der Waals surface area contributed by atoms with Crippen LogP contribution in [0.15, 0.2) is 31.1 Å². The molecule has 0 aliphatic rings. The Balaban J connectivity index is 2.49. The third-order valence-corrected chi connectivity index (χ3v) is 2.26. The SMILES string of the molecule is C=Cc1ccn2c(C(=O)OCC)cnc2c1. The van der Waals surface area contributed by atoms with Gasteiger partial charge in [-0.1, -0.05) is 12.7 Å². The summed E-state index contributed by atoms with van der Waals surface area (Å²) in [6.45, 7) is 5.81. The van der Waals surface area contributed by atoms with E-state index in [4.69, 9.17) is 4.74 Å². The van der Waals surface area contributed by atoms with Crippen LogP contribution in [-0.2, 0) is 4.74 Å². The molecule has 0 saturated heterocycles. The van der Waals surface area contributed by atoms with Crippen molar-refractivity contribution in [3.8, 4) is 0 Å². The van der Waals surface area contributed by atoms with Crippen LogP contribution in [0, 0.1) is 0 Å². The lowest BCUT2D eigenvalue weighted by atomic mass is 10.2. The first-order valence-corrected chi connectivity index (χ1v) is 5.03. The predicted molar refractivity (Wildman–Crippen MR) is 61.2 cm³/mol. The first kappa shape index (κ1) is 10.4. The lowest BCUT2D eigenvalue weighted by Gasteiger charge is -2.01. The maximum Gasteiger partial charge on any atom is 0.356 e. The highest BCUT2D eigenvalue weighted by molar-refractivity contribution is 5.88. The molecule has 4 heteroatoms. The molecule has 0 atom stereocenters. The van der Waals surface area contributed by atoms with E-state index in [2.05, 4.69) is 11.6 Å². The summed E-state index contributed by atoms with van der Waals surface area (Å²) in [4.78, 5) is 15.7. The smallest absolute Gasteiger partial charge is 0.356 e. The van der Waals surface area contributed by atoms with Crippen LogP contribution < -0.4 is 0 Å². The predicted octanol–water partition coefficient (Wildman–Crippen LogP) is 2.15. The van der Waals surface area contributed by atoms with Crippen LogP contribution in [0.5, 0.6) is 0 Å². The van der Waals surface area contributed by atoms with Gasteiger partial charge in [-0.2, -0.15) is 0 Å². The molecule has 2 aromatic heterocycles. The molecular weight excluding hydrogens is 204 g/mol. The van der Waals surface area contributed by atoms with Gasteiger partial charge >= 0.3 is 5.97 Å². The third-order valence-electron chi connectivity index (χ3n) is 2.26. The standard InChI is InChI=1S/C12H12N2O2/c1-3-9-5-6-14-10(12(15)16-4-2)8-13-11(14)7-9/h3,5-8H,1,4H2,2H3. The highest BCUT2D eigenvalue weighted by atomic mass is 16.5. The van der Waals surface area contributed by atoms with Gasteiger partial charge in [0.05, 0.1) is 12.8 Å². The molecule has 4 nitrogen and oxygen atoms in total. The van der Waals surface area contributed by atoms with E-state index in [1.54, 1.807) is 23.6 Å². The fourth-order valence-corrected chi connectivity index (χ4v) is 1.48. The number of pyridine rings is 1. The number of rotatable bonds is 3. The zero-order chi connectivity index (χ0) is 11.5. The number of esters is 1. The number of carbonyl (C=O) groups excluding carboxylic acids is 1. The van der Waals surface area contributed by atoms with Gasteiger partial charge in [0.1, 0.15) is 5.65 Å². The summed E-state index contributed by atoms with van der Waals surface area (Å²) in [5.74, 6) is -0.360. The van der Waals surface area contributed by atoms with Gasteiger partial charge in [-0.15, -0.1) is 0 Å². The Morgan fingerprint density at radius 2 is 2.50 bits per heavy atom. The Morgan fingerprint density at radius 3 is 3.19 bits per heavy atom. The number of hydrogen-bond acceptors (Lipinski definition) is 3. The molecule has 0 aliphatic carbocycles. The molecule has 0 amide bonds. The molecule has 0 N–H and O–H groups in total. The van der Waals surface area contributed by atoms with Gasteiger partial charge in [0.25, 0.3) is 0 Å². The highest BCUT2D eigenvalue weighted by Gasteiger charge is 2.12. The normalized spacial score (nSPS) is 10.3. The Bertz CT molecular complexity index is 543. The number of hydrogen-bond donors (Lipinski definition) is 0. The molecule has 0 aliphatic heterocycles. The van der Waals surface area contributed by atoms with Gasteiger partial charge in [-0.25, -0.2) is 9.78 Å². The van der Waals surface area contributed by atoms with Gasteiger partial charge in [0.2, 0.25) is 0 Å². The van der Waals surface area contributed by atoms with Crippen molar-refractivity contribution in [3.63, 3.8) is 0 Å². The van der Waals surface area contributed by atoms with Crippen LogP contribution in [0.2, 0.25) is 0 Å². The van der Waals surface area contributed by atoms with Crippen molar-refractivity contribution in [2.75, 3.05) is 6.61 Å². The zero-order valence-corrected chi connectivity index (χ0v) is 9.01. The fraction of sp³-hybridized carbons (Fsp3) is 0.167. The molecule has 2 heterocycles. The first-order valence-electron chi connectivity index (χ1n) is 5.03. The minimum atomic E-state index is -0.360. The summed E-state index contributed by atoms with van der Waals surface area (Å²) in [5.41, 5.74) is 2.11. The van der Waals surface area contributed by atoms with E-state index in [1.165, 1.54) is 6.20 Å². The fourth-order valence-electron chi connectivity index (χ4n) is 1.48. The number of imidazole rings is 1. The summed E-state index contributed by atoms with van der Waals surface area (Å²) in [6, 6.07) is 3.72. The van der Waals surface area contributed by atoms with Gasteiger partial charge in [-0.3, -0.25) is 4.40 Å². The van der Waals surface area contributed by atoms with Crippen molar-refractivity contribution in [1.29, 1.82) is 0 Å². The number of ether oxygens (including phenoxy) is 1. The van der Waals surface area contributed by atoms with E-state index < -0.39 is 0 Å². The molecule has 0 fully saturated rings. The second-order valence-corrected chi connectivity index (χ2v) is 3.26. The molecule has 0 radical (unpaired) electrons. The Hall–Kier alpha value is -2.10. The summed E-state index contributed by atoms with van der Waals surface area (Å²) in [6.07, 6.45) is 5.03. The second-order valence-electron chi connectivity index (χ2n) is 3.26. The Kier molecular flexibility index (Phi) is 2.72. The Morgan fingerprint density at radius 1 is 1.69 bits per heavy atom. The molecule has 0 aromatic carbocycles. The summed E-state index contributed by atoms with van der Waals surface area (Å²) < 4.78 is 6.63. The van der Waals surface area contributed by atoms with Gasteiger partial charge in [-0.05, 0) is 24.6 Å². The lowest BCUT2D eigenvalue weighted by molar-refractivity contribution is 0.0518. The average molecular weight is 216 g/mol. The topological polar surface area (TPSA) is 43.6 Å². The zero-order valence-electron chi connectivity index (χ0n) is 9.01. The van der Waals surface area contributed by atoms with Crippen LogP contribution >= 0.6 is 0 Å². The van der Waals surface area contributed by atoms with Crippen molar-refractivity contribution in [3.05, 3.63) is 42.4 Å². The van der Waals surface area contributed by atoms with Crippen molar-refractivity contribution in [1.82, 2.24) is 9.38 Å². The van der Waals surface area contributed by atoms with Crippen LogP contribution in [-0.4, -0.2) is 22.0 Å². The molecule has 2 rings (SSSR count). The molecular formula is C12H12N2O2. The van der Waals surface area contributed by atoms with Crippen LogP contribution in [0.25, 0.3) is 11.7 Å². The average Bonchev–Trinajstić information content (AvgIpc) is 2.71. The minimum Gasteiger partial charge on any atom is -0.461 e. The molecule has 0 spiro atoms. The minimum absolute atomic E-state index is 0.358. The third kappa shape index (κ3) is 1.69. The first-order chi connectivity index (χ1) is 7.76. The summed E-state index contributed by atoms with van der Waals surface area (Å²) in [7, 11) is 0. The quantitative estimate of drug-likeness (QED) is 0.738. The molecule has 0 bridgehead atoms. The van der Waals surface area contributed by atoms with E-state index in [0.717, 1.165) is 5.56 Å². The number of nitrogens with zero attached hydrogens (tertiary/aromatic N) is 2. The maximum absolute atomic E-state index is 11.6. The second kappa shape index (κ2) is 4.18. The molecule has 0 unspecified atom stereocenters. The monoisotopic (exact) mass is 216 g/mol. The largest absolute Gasteiger partial charge is 0.461 e. The maximum atomic E-state index is 11.6. The van der Waals surface area contributed by atoms with Gasteiger partial charge < -0.3 is 4.74 Å². The lowest BCUT2D eigenvalue weighted by Crippen LogP contribution is -2.07. The molecule has 0 saturated carbocycles. The van der Waals surface area contributed by atoms with E-state index >= 15 is 0 Å². The number of fused-ring (bicyclic) bond motifs is 1. The van der Waals surface area contributed by atoms with E-state index in [1.807, 2.05) is 12.1 Å². The van der Waals surface area contributed by atoms with E-state index in [-0.39, 0.29) is 5.97 Å². The highest BCUT2D eigenvalue weighted by Crippen LogP contribution is 2.11. The van der Waals surface area contributed by atoms with Crippen molar-refractivity contribution < 1.29 is 9.53 Å². The Labute approximate surface area is 93.2 Å². The molecule has 16 heavy (non-hydrogen) atoms. The van der Waals surface area contributed by atoms with Crippen LogP contribution in [0.1, 0.15) is 23.0 Å². The van der Waals surface area contributed by atoms with Gasteiger partial charge in [0, 0.05) is 6.20 Å². The number of aromatic nitrogens is 2. The van der Waals surface area contributed by atoms with Crippen molar-refractivity contribution >= 4 is 17.7 Å². The number of carbonyl (C=O) groups is 1.